The molecule has 1 aromatic rings. The standard InChI is InChI=1S/C17H28N4O/c1-13(2)17-18-8-10-21(17)15-5-4-9-20(11-15)16(22)12-19(3)14-6-7-14/h8,10,13-15H,4-7,9,11-12H2,1-3H3/t15-/m0/s1. The van der Waals surface area contributed by atoms with E-state index in [4.69, 9.17) is 0 Å². The molecule has 2 aliphatic rings. The molecule has 5 nitrogen and oxygen atoms in total. The van der Waals surface area contributed by atoms with Crippen LogP contribution in [0.5, 0.6) is 0 Å². The van der Waals surface area contributed by atoms with Gasteiger partial charge in [-0.25, -0.2) is 4.98 Å². The van der Waals surface area contributed by atoms with Crippen LogP contribution in [-0.2, 0) is 4.79 Å². The van der Waals surface area contributed by atoms with E-state index in [1.807, 2.05) is 6.20 Å². The smallest absolute Gasteiger partial charge is 0.236 e. The zero-order valence-electron chi connectivity index (χ0n) is 14.0. The minimum atomic E-state index is 0.283. The lowest BCUT2D eigenvalue weighted by Gasteiger charge is -2.35. The number of carbonyl (C=O) groups is 1. The van der Waals surface area contributed by atoms with E-state index in [0.717, 1.165) is 31.8 Å². The normalized spacial score (nSPS) is 22.6. The fraction of sp³-hybridized carbons (Fsp3) is 0.765. The molecule has 0 spiro atoms. The summed E-state index contributed by atoms with van der Waals surface area (Å²) in [6.45, 7) is 6.65. The Morgan fingerprint density at radius 3 is 2.86 bits per heavy atom. The molecule has 1 saturated carbocycles. The van der Waals surface area contributed by atoms with Gasteiger partial charge in [-0.2, -0.15) is 0 Å². The minimum Gasteiger partial charge on any atom is -0.340 e. The van der Waals surface area contributed by atoms with Gasteiger partial charge in [-0.05, 0) is 32.7 Å². The maximum atomic E-state index is 12.5. The van der Waals surface area contributed by atoms with Gasteiger partial charge in [0, 0.05) is 37.4 Å². The number of hydrogen-bond acceptors (Lipinski definition) is 3. The van der Waals surface area contributed by atoms with Gasteiger partial charge >= 0.3 is 0 Å². The first-order chi connectivity index (χ1) is 10.6. The molecular weight excluding hydrogens is 276 g/mol. The second-order valence-electron chi connectivity index (χ2n) is 7.13. The summed E-state index contributed by atoms with van der Waals surface area (Å²) in [5.74, 6) is 1.83. The van der Waals surface area contributed by atoms with E-state index >= 15 is 0 Å². The maximum Gasteiger partial charge on any atom is 0.236 e. The van der Waals surface area contributed by atoms with E-state index < -0.39 is 0 Å². The molecule has 0 unspecified atom stereocenters. The molecule has 122 valence electrons. The molecule has 1 aliphatic carbocycles. The number of nitrogens with zero attached hydrogens (tertiary/aromatic N) is 4. The molecule has 0 bridgehead atoms. The van der Waals surface area contributed by atoms with Crippen LogP contribution in [0, 0.1) is 0 Å². The SMILES string of the molecule is CC(C)c1nccn1[C@H]1CCCN(C(=O)CN(C)C2CC2)C1. The number of rotatable bonds is 5. The Balaban J connectivity index is 1.63. The molecule has 0 aromatic carbocycles. The molecule has 1 aliphatic heterocycles. The average Bonchev–Trinajstić information content (AvgIpc) is 3.24. The second-order valence-corrected chi connectivity index (χ2v) is 7.13. The molecule has 1 saturated heterocycles. The molecule has 2 fully saturated rings. The number of likely N-dealkylation sites (tertiary alicyclic amines) is 1. The van der Waals surface area contributed by atoms with Crippen molar-refractivity contribution < 1.29 is 4.79 Å². The molecule has 1 atom stereocenters. The van der Waals surface area contributed by atoms with Crippen LogP contribution in [0.3, 0.4) is 0 Å². The molecule has 1 amide bonds. The van der Waals surface area contributed by atoms with Crippen LogP contribution in [0.25, 0.3) is 0 Å². The van der Waals surface area contributed by atoms with E-state index in [2.05, 4.69) is 46.4 Å². The summed E-state index contributed by atoms with van der Waals surface area (Å²) < 4.78 is 2.29. The Kier molecular flexibility index (Phi) is 4.52. The van der Waals surface area contributed by atoms with Crippen molar-refractivity contribution in [3.05, 3.63) is 18.2 Å². The molecule has 5 heteroatoms. The lowest BCUT2D eigenvalue weighted by molar-refractivity contribution is -0.133. The Labute approximate surface area is 133 Å². The summed E-state index contributed by atoms with van der Waals surface area (Å²) in [5, 5.41) is 0. The summed E-state index contributed by atoms with van der Waals surface area (Å²) in [6, 6.07) is 1.02. The summed E-state index contributed by atoms with van der Waals surface area (Å²) in [6.07, 6.45) is 8.68. The van der Waals surface area contributed by atoms with E-state index in [1.165, 1.54) is 12.8 Å². The van der Waals surface area contributed by atoms with Crippen molar-refractivity contribution >= 4 is 5.91 Å². The zero-order chi connectivity index (χ0) is 15.7. The highest BCUT2D eigenvalue weighted by Crippen LogP contribution is 2.27. The van der Waals surface area contributed by atoms with Crippen molar-refractivity contribution in [3.63, 3.8) is 0 Å². The predicted molar refractivity (Wildman–Crippen MR) is 86.8 cm³/mol. The van der Waals surface area contributed by atoms with Gasteiger partial charge in [0.05, 0.1) is 12.6 Å². The van der Waals surface area contributed by atoms with Crippen LogP contribution >= 0.6 is 0 Å². The summed E-state index contributed by atoms with van der Waals surface area (Å²) >= 11 is 0. The lowest BCUT2D eigenvalue weighted by Crippen LogP contribution is -2.45. The lowest BCUT2D eigenvalue weighted by atomic mass is 10.0. The monoisotopic (exact) mass is 304 g/mol. The van der Waals surface area contributed by atoms with Crippen LogP contribution in [0.2, 0.25) is 0 Å². The third kappa shape index (κ3) is 3.35. The molecule has 1 aromatic heterocycles. The third-order valence-corrected chi connectivity index (χ3v) is 4.91. The van der Waals surface area contributed by atoms with Crippen molar-refractivity contribution in [1.29, 1.82) is 0 Å². The van der Waals surface area contributed by atoms with Crippen LogP contribution in [0.15, 0.2) is 12.4 Å². The number of amides is 1. The van der Waals surface area contributed by atoms with Crippen molar-refractivity contribution in [2.24, 2.45) is 0 Å². The van der Waals surface area contributed by atoms with Crippen molar-refractivity contribution in [2.45, 2.75) is 57.5 Å². The number of carbonyl (C=O) groups excluding carboxylic acids is 1. The topological polar surface area (TPSA) is 41.4 Å². The summed E-state index contributed by atoms with van der Waals surface area (Å²) in [4.78, 5) is 21.3. The number of hydrogen-bond donors (Lipinski definition) is 0. The highest BCUT2D eigenvalue weighted by molar-refractivity contribution is 5.78. The molecule has 3 rings (SSSR count). The van der Waals surface area contributed by atoms with Crippen molar-refractivity contribution in [3.8, 4) is 0 Å². The van der Waals surface area contributed by atoms with Gasteiger partial charge in [0.1, 0.15) is 5.82 Å². The van der Waals surface area contributed by atoms with Crippen LogP contribution in [0.4, 0.5) is 0 Å². The third-order valence-electron chi connectivity index (χ3n) is 4.91. The van der Waals surface area contributed by atoms with Gasteiger partial charge < -0.3 is 9.47 Å². The largest absolute Gasteiger partial charge is 0.340 e. The number of piperidine rings is 1. The predicted octanol–water partition coefficient (Wildman–Crippen LogP) is 2.26. The number of likely N-dealkylation sites (N-methyl/N-ethyl adjacent to an activating group) is 1. The Bertz CT molecular complexity index is 520. The Morgan fingerprint density at radius 1 is 1.41 bits per heavy atom. The van der Waals surface area contributed by atoms with E-state index in [-0.39, 0.29) is 5.91 Å². The molecule has 22 heavy (non-hydrogen) atoms. The second kappa shape index (κ2) is 6.41. The van der Waals surface area contributed by atoms with Gasteiger partial charge in [-0.15, -0.1) is 0 Å². The Morgan fingerprint density at radius 2 is 2.18 bits per heavy atom. The highest BCUT2D eigenvalue weighted by Gasteiger charge is 2.31. The molecule has 2 heterocycles. The van der Waals surface area contributed by atoms with Crippen molar-refractivity contribution in [1.82, 2.24) is 19.4 Å². The minimum absolute atomic E-state index is 0.283. The Hall–Kier alpha value is -1.36. The van der Waals surface area contributed by atoms with Gasteiger partial charge in [0.25, 0.3) is 0 Å². The van der Waals surface area contributed by atoms with Gasteiger partial charge in [-0.1, -0.05) is 13.8 Å². The average molecular weight is 304 g/mol. The molecule has 0 radical (unpaired) electrons. The highest BCUT2D eigenvalue weighted by atomic mass is 16.2. The van der Waals surface area contributed by atoms with Gasteiger partial charge in [0.15, 0.2) is 0 Å². The van der Waals surface area contributed by atoms with Gasteiger partial charge in [0.2, 0.25) is 5.91 Å². The van der Waals surface area contributed by atoms with Crippen molar-refractivity contribution in [2.75, 3.05) is 26.7 Å². The van der Waals surface area contributed by atoms with Crippen LogP contribution in [-0.4, -0.2) is 58.0 Å². The van der Waals surface area contributed by atoms with Crippen LogP contribution < -0.4 is 0 Å². The number of aromatic nitrogens is 2. The molecular formula is C17H28N4O. The maximum absolute atomic E-state index is 12.5. The fourth-order valence-electron chi connectivity index (χ4n) is 3.45. The quantitative estimate of drug-likeness (QED) is 0.838. The zero-order valence-corrected chi connectivity index (χ0v) is 14.0. The first-order valence-electron chi connectivity index (χ1n) is 8.57. The fourth-order valence-corrected chi connectivity index (χ4v) is 3.45. The summed E-state index contributed by atoms with van der Waals surface area (Å²) in [5.41, 5.74) is 0. The van der Waals surface area contributed by atoms with E-state index in [1.54, 1.807) is 0 Å². The first-order valence-corrected chi connectivity index (χ1v) is 8.57. The summed E-state index contributed by atoms with van der Waals surface area (Å²) in [7, 11) is 2.07. The van der Waals surface area contributed by atoms with Gasteiger partial charge in [-0.3, -0.25) is 9.69 Å². The van der Waals surface area contributed by atoms with Crippen LogP contribution in [0.1, 0.15) is 57.3 Å². The van der Waals surface area contributed by atoms with E-state index in [0.29, 0.717) is 24.5 Å². The first kappa shape index (κ1) is 15.5. The number of imidazole rings is 1. The molecule has 0 N–H and O–H groups in total. The van der Waals surface area contributed by atoms with E-state index in [9.17, 15) is 4.79 Å².